The lowest BCUT2D eigenvalue weighted by molar-refractivity contribution is 0.392. The maximum absolute atomic E-state index is 5.47. The first kappa shape index (κ1) is 12.6. The van der Waals surface area contributed by atoms with Crippen LogP contribution in [0.25, 0.3) is 0 Å². The number of nitrogens with zero attached hydrogens (tertiary/aromatic N) is 1. The van der Waals surface area contributed by atoms with Crippen molar-refractivity contribution in [2.75, 3.05) is 0 Å². The lowest BCUT2D eigenvalue weighted by Crippen LogP contribution is -2.28. The number of hydrogen-bond acceptors (Lipinski definition) is 3. The lowest BCUT2D eigenvalue weighted by Gasteiger charge is -2.15. The summed E-state index contributed by atoms with van der Waals surface area (Å²) in [4.78, 5) is 4.23. The average molecular weight is 236 g/mol. The molecule has 1 fully saturated rings. The van der Waals surface area contributed by atoms with Gasteiger partial charge in [-0.3, -0.25) is 0 Å². The van der Waals surface area contributed by atoms with Gasteiger partial charge in [0.05, 0.1) is 12.7 Å². The third kappa shape index (κ3) is 3.84. The second-order valence-electron chi connectivity index (χ2n) is 5.23. The van der Waals surface area contributed by atoms with Crippen molar-refractivity contribution in [2.24, 2.45) is 5.92 Å². The monoisotopic (exact) mass is 236 g/mol. The summed E-state index contributed by atoms with van der Waals surface area (Å²) in [5.74, 6) is 2.67. The van der Waals surface area contributed by atoms with Crippen LogP contribution in [0.5, 0.6) is 0 Å². The SMILES string of the molecule is CCC1CCCC(NCc2ncc(C)o2)CC1. The molecule has 17 heavy (non-hydrogen) atoms. The minimum Gasteiger partial charge on any atom is -0.445 e. The van der Waals surface area contributed by atoms with Crippen molar-refractivity contribution in [1.82, 2.24) is 10.3 Å². The summed E-state index contributed by atoms with van der Waals surface area (Å²) in [6, 6.07) is 0.652. The van der Waals surface area contributed by atoms with Crippen LogP contribution in [0.4, 0.5) is 0 Å². The van der Waals surface area contributed by atoms with Crippen molar-refractivity contribution in [3.05, 3.63) is 17.8 Å². The van der Waals surface area contributed by atoms with E-state index < -0.39 is 0 Å². The van der Waals surface area contributed by atoms with Gasteiger partial charge in [0.25, 0.3) is 0 Å². The summed E-state index contributed by atoms with van der Waals surface area (Å²) >= 11 is 0. The van der Waals surface area contributed by atoms with Crippen molar-refractivity contribution in [3.8, 4) is 0 Å². The van der Waals surface area contributed by atoms with Crippen LogP contribution in [0.3, 0.4) is 0 Å². The average Bonchev–Trinajstić information content (AvgIpc) is 2.63. The number of aromatic nitrogens is 1. The topological polar surface area (TPSA) is 38.1 Å². The van der Waals surface area contributed by atoms with Gasteiger partial charge >= 0.3 is 0 Å². The van der Waals surface area contributed by atoms with Gasteiger partial charge in [0.15, 0.2) is 0 Å². The molecule has 0 aromatic carbocycles. The molecule has 1 heterocycles. The van der Waals surface area contributed by atoms with E-state index in [2.05, 4.69) is 17.2 Å². The van der Waals surface area contributed by atoms with Gasteiger partial charge in [-0.25, -0.2) is 4.98 Å². The summed E-state index contributed by atoms with van der Waals surface area (Å²) in [5, 5.41) is 3.58. The van der Waals surface area contributed by atoms with E-state index in [-0.39, 0.29) is 0 Å². The summed E-state index contributed by atoms with van der Waals surface area (Å²) in [7, 11) is 0. The molecule has 0 amide bonds. The normalized spacial score (nSPS) is 25.8. The highest BCUT2D eigenvalue weighted by Gasteiger charge is 2.17. The third-order valence-electron chi connectivity index (χ3n) is 3.88. The molecular formula is C14H24N2O. The van der Waals surface area contributed by atoms with Gasteiger partial charge in [-0.05, 0) is 32.1 Å². The molecule has 1 saturated carbocycles. The number of aryl methyl sites for hydroxylation is 1. The van der Waals surface area contributed by atoms with Crippen LogP contribution in [0.2, 0.25) is 0 Å². The van der Waals surface area contributed by atoms with Gasteiger partial charge < -0.3 is 9.73 Å². The third-order valence-corrected chi connectivity index (χ3v) is 3.88. The van der Waals surface area contributed by atoms with Crippen LogP contribution >= 0.6 is 0 Å². The van der Waals surface area contributed by atoms with Crippen molar-refractivity contribution >= 4 is 0 Å². The highest BCUT2D eigenvalue weighted by Crippen LogP contribution is 2.25. The minimum atomic E-state index is 0.652. The summed E-state index contributed by atoms with van der Waals surface area (Å²) in [5.41, 5.74) is 0. The highest BCUT2D eigenvalue weighted by atomic mass is 16.4. The predicted molar refractivity (Wildman–Crippen MR) is 68.7 cm³/mol. The number of hydrogen-bond donors (Lipinski definition) is 1. The molecule has 3 nitrogen and oxygen atoms in total. The summed E-state index contributed by atoms with van der Waals surface area (Å²) in [6.07, 6.45) is 9.88. The Kier molecular flexibility index (Phi) is 4.60. The molecule has 0 spiro atoms. The van der Waals surface area contributed by atoms with Crippen molar-refractivity contribution < 1.29 is 4.42 Å². The van der Waals surface area contributed by atoms with Crippen molar-refractivity contribution in [1.29, 1.82) is 0 Å². The zero-order chi connectivity index (χ0) is 12.1. The van der Waals surface area contributed by atoms with Crippen LogP contribution in [-0.2, 0) is 6.54 Å². The molecule has 2 rings (SSSR count). The van der Waals surface area contributed by atoms with E-state index in [1.807, 2.05) is 6.92 Å². The molecule has 1 aliphatic rings. The zero-order valence-electron chi connectivity index (χ0n) is 11.0. The van der Waals surface area contributed by atoms with Gasteiger partial charge in [-0.1, -0.05) is 26.2 Å². The molecule has 0 aliphatic heterocycles. The van der Waals surface area contributed by atoms with Gasteiger partial charge in [0, 0.05) is 6.04 Å². The number of rotatable bonds is 4. The van der Waals surface area contributed by atoms with E-state index in [4.69, 9.17) is 4.42 Å². The van der Waals surface area contributed by atoms with Crippen LogP contribution in [0, 0.1) is 12.8 Å². The van der Waals surface area contributed by atoms with E-state index >= 15 is 0 Å². The Morgan fingerprint density at radius 1 is 1.35 bits per heavy atom. The Bertz CT molecular complexity index is 335. The lowest BCUT2D eigenvalue weighted by atomic mass is 9.98. The molecule has 1 aromatic rings. The molecule has 0 radical (unpaired) electrons. The fourth-order valence-corrected chi connectivity index (χ4v) is 2.71. The zero-order valence-corrected chi connectivity index (χ0v) is 11.0. The Morgan fingerprint density at radius 2 is 2.24 bits per heavy atom. The quantitative estimate of drug-likeness (QED) is 0.814. The molecule has 3 heteroatoms. The first-order valence-electron chi connectivity index (χ1n) is 6.92. The molecule has 2 atom stereocenters. The number of nitrogens with one attached hydrogen (secondary N) is 1. The highest BCUT2D eigenvalue weighted by molar-refractivity contribution is 4.90. The second-order valence-corrected chi connectivity index (χ2v) is 5.23. The fourth-order valence-electron chi connectivity index (χ4n) is 2.71. The van der Waals surface area contributed by atoms with Crippen molar-refractivity contribution in [2.45, 2.75) is 65.0 Å². The fraction of sp³-hybridized carbons (Fsp3) is 0.786. The van der Waals surface area contributed by atoms with E-state index in [1.165, 1.54) is 38.5 Å². The minimum absolute atomic E-state index is 0.652. The van der Waals surface area contributed by atoms with E-state index in [0.29, 0.717) is 6.04 Å². The van der Waals surface area contributed by atoms with E-state index in [0.717, 1.165) is 24.1 Å². The molecule has 96 valence electrons. The molecule has 1 aliphatic carbocycles. The van der Waals surface area contributed by atoms with Crippen LogP contribution in [-0.4, -0.2) is 11.0 Å². The molecular weight excluding hydrogens is 212 g/mol. The standard InChI is InChI=1S/C14H24N2O/c1-3-12-5-4-6-13(8-7-12)15-10-14-16-9-11(2)17-14/h9,12-13,15H,3-8,10H2,1-2H3. The largest absolute Gasteiger partial charge is 0.445 e. The van der Waals surface area contributed by atoms with E-state index in [9.17, 15) is 0 Å². The number of oxazole rings is 1. The van der Waals surface area contributed by atoms with Gasteiger partial charge in [0.2, 0.25) is 5.89 Å². The molecule has 0 bridgehead atoms. The first-order valence-corrected chi connectivity index (χ1v) is 6.92. The maximum Gasteiger partial charge on any atom is 0.208 e. The molecule has 1 aromatic heterocycles. The summed E-state index contributed by atoms with van der Waals surface area (Å²) in [6.45, 7) is 5.03. The van der Waals surface area contributed by atoms with Crippen LogP contribution in [0.15, 0.2) is 10.6 Å². The molecule has 0 saturated heterocycles. The first-order chi connectivity index (χ1) is 8.28. The molecule has 1 N–H and O–H groups in total. The Hall–Kier alpha value is -0.830. The Morgan fingerprint density at radius 3 is 2.94 bits per heavy atom. The van der Waals surface area contributed by atoms with Gasteiger partial charge in [0.1, 0.15) is 5.76 Å². The Labute approximate surface area is 104 Å². The predicted octanol–water partition coefficient (Wildman–Crippen LogP) is 3.43. The van der Waals surface area contributed by atoms with Crippen molar-refractivity contribution in [3.63, 3.8) is 0 Å². The van der Waals surface area contributed by atoms with Gasteiger partial charge in [-0.2, -0.15) is 0 Å². The Balaban J connectivity index is 1.75. The van der Waals surface area contributed by atoms with Gasteiger partial charge in [-0.15, -0.1) is 0 Å². The smallest absolute Gasteiger partial charge is 0.208 e. The second kappa shape index (κ2) is 6.20. The van der Waals surface area contributed by atoms with Crippen LogP contribution in [0.1, 0.15) is 57.1 Å². The molecule has 2 unspecified atom stereocenters. The maximum atomic E-state index is 5.47. The summed E-state index contributed by atoms with van der Waals surface area (Å²) < 4.78 is 5.47. The van der Waals surface area contributed by atoms with Crippen LogP contribution < -0.4 is 5.32 Å². The van der Waals surface area contributed by atoms with E-state index in [1.54, 1.807) is 6.20 Å².